The lowest BCUT2D eigenvalue weighted by Gasteiger charge is -2.03. The second-order valence-electron chi connectivity index (χ2n) is 3.58. The number of hydrogen-bond acceptors (Lipinski definition) is 4. The molecule has 0 bridgehead atoms. The summed E-state index contributed by atoms with van der Waals surface area (Å²) in [6.45, 7) is 2.57. The summed E-state index contributed by atoms with van der Waals surface area (Å²) in [6, 6.07) is 8.11. The van der Waals surface area contributed by atoms with E-state index in [0.717, 1.165) is 26.8 Å². The van der Waals surface area contributed by atoms with E-state index < -0.39 is 0 Å². The summed E-state index contributed by atoms with van der Waals surface area (Å²) in [7, 11) is 1.69. The predicted molar refractivity (Wildman–Crippen MR) is 67.4 cm³/mol. The Balaban J connectivity index is 2.40. The number of aromatic nitrogens is 1. The second kappa shape index (κ2) is 4.63. The summed E-state index contributed by atoms with van der Waals surface area (Å²) in [5.74, 6) is 0. The highest BCUT2D eigenvalue weighted by atomic mass is 32.1. The number of nitrogen functional groups attached to an aromatic ring is 1. The number of rotatable bonds is 3. The van der Waals surface area contributed by atoms with Gasteiger partial charge in [-0.3, -0.25) is 0 Å². The predicted octanol–water partition coefficient (Wildman–Crippen LogP) is 2.85. The van der Waals surface area contributed by atoms with Gasteiger partial charge in [-0.2, -0.15) is 0 Å². The van der Waals surface area contributed by atoms with Gasteiger partial charge in [-0.1, -0.05) is 18.2 Å². The van der Waals surface area contributed by atoms with Crippen molar-refractivity contribution in [2.45, 2.75) is 13.5 Å². The van der Waals surface area contributed by atoms with Crippen LogP contribution in [0.25, 0.3) is 11.3 Å². The first kappa shape index (κ1) is 11.1. The minimum Gasteiger partial charge on any atom is -0.389 e. The van der Waals surface area contributed by atoms with Crippen molar-refractivity contribution in [1.29, 1.82) is 0 Å². The summed E-state index contributed by atoms with van der Waals surface area (Å²) in [4.78, 5) is 4.43. The van der Waals surface area contributed by atoms with E-state index in [0.29, 0.717) is 6.61 Å². The number of hydrogen-bond donors (Lipinski definition) is 1. The van der Waals surface area contributed by atoms with Gasteiger partial charge < -0.3 is 10.5 Å². The zero-order valence-corrected chi connectivity index (χ0v) is 10.2. The first-order valence-electron chi connectivity index (χ1n) is 5.02. The zero-order valence-electron chi connectivity index (χ0n) is 9.36. The number of anilines is 1. The second-order valence-corrected chi connectivity index (χ2v) is 4.81. The Morgan fingerprint density at radius 3 is 2.88 bits per heavy atom. The Hall–Kier alpha value is -1.39. The molecule has 2 aromatic rings. The molecule has 16 heavy (non-hydrogen) atoms. The Kier molecular flexibility index (Phi) is 3.22. The lowest BCUT2D eigenvalue weighted by atomic mass is 10.1. The highest BCUT2D eigenvalue weighted by molar-refractivity contribution is 7.16. The molecule has 3 nitrogen and oxygen atoms in total. The molecule has 0 fully saturated rings. The van der Waals surface area contributed by atoms with Crippen LogP contribution in [0.4, 0.5) is 5.00 Å². The monoisotopic (exact) mass is 234 g/mol. The lowest BCUT2D eigenvalue weighted by molar-refractivity contribution is 0.185. The third kappa shape index (κ3) is 2.23. The van der Waals surface area contributed by atoms with Gasteiger partial charge in [-0.15, -0.1) is 11.3 Å². The van der Waals surface area contributed by atoms with Crippen LogP contribution in [0.2, 0.25) is 0 Å². The molecule has 2 rings (SSSR count). The van der Waals surface area contributed by atoms with Crippen LogP contribution in [-0.2, 0) is 11.3 Å². The largest absolute Gasteiger partial charge is 0.389 e. The summed E-state index contributed by atoms with van der Waals surface area (Å²) in [5.41, 5.74) is 8.98. The van der Waals surface area contributed by atoms with Crippen molar-refractivity contribution < 1.29 is 4.74 Å². The summed E-state index contributed by atoms with van der Waals surface area (Å²) in [6.07, 6.45) is 0. The first-order valence-corrected chi connectivity index (χ1v) is 5.83. The zero-order chi connectivity index (χ0) is 11.5. The van der Waals surface area contributed by atoms with Crippen LogP contribution in [0.1, 0.15) is 10.6 Å². The van der Waals surface area contributed by atoms with Gasteiger partial charge in [0.25, 0.3) is 0 Å². The molecule has 0 radical (unpaired) electrons. The fraction of sp³-hybridized carbons (Fsp3) is 0.250. The molecule has 0 saturated carbocycles. The van der Waals surface area contributed by atoms with Gasteiger partial charge in [-0.05, 0) is 18.6 Å². The summed E-state index contributed by atoms with van der Waals surface area (Å²) >= 11 is 1.52. The van der Waals surface area contributed by atoms with Gasteiger partial charge in [0.1, 0.15) is 10.7 Å². The van der Waals surface area contributed by atoms with E-state index in [9.17, 15) is 0 Å². The highest BCUT2D eigenvalue weighted by Crippen LogP contribution is 2.30. The van der Waals surface area contributed by atoms with Crippen LogP contribution in [0, 0.1) is 6.92 Å². The van der Waals surface area contributed by atoms with Crippen LogP contribution in [0.5, 0.6) is 0 Å². The summed E-state index contributed by atoms with van der Waals surface area (Å²) in [5, 5.41) is 1.76. The van der Waals surface area contributed by atoms with Gasteiger partial charge in [-0.25, -0.2) is 4.98 Å². The van der Waals surface area contributed by atoms with Gasteiger partial charge >= 0.3 is 0 Å². The molecule has 0 saturated heterocycles. The van der Waals surface area contributed by atoms with Crippen molar-refractivity contribution in [3.63, 3.8) is 0 Å². The van der Waals surface area contributed by atoms with Crippen molar-refractivity contribution >= 4 is 16.3 Å². The molecule has 2 N–H and O–H groups in total. The van der Waals surface area contributed by atoms with Gasteiger partial charge in [0.2, 0.25) is 0 Å². The third-order valence-electron chi connectivity index (χ3n) is 2.27. The fourth-order valence-electron chi connectivity index (χ4n) is 1.62. The lowest BCUT2D eigenvalue weighted by Crippen LogP contribution is -1.90. The molecule has 0 aliphatic heterocycles. The van der Waals surface area contributed by atoms with Gasteiger partial charge in [0.15, 0.2) is 0 Å². The van der Waals surface area contributed by atoms with E-state index in [2.05, 4.69) is 11.1 Å². The standard InChI is InChI=1S/C12H14N2OS/c1-8-14-11(12(13)16-8)10-5-3-4-9(6-10)7-15-2/h3-6H,7,13H2,1-2H3. The van der Waals surface area contributed by atoms with Crippen LogP contribution in [-0.4, -0.2) is 12.1 Å². The van der Waals surface area contributed by atoms with Crippen molar-refractivity contribution in [3.8, 4) is 11.3 Å². The van der Waals surface area contributed by atoms with Crippen molar-refractivity contribution in [2.75, 3.05) is 12.8 Å². The molecule has 1 heterocycles. The number of thiazole rings is 1. The van der Waals surface area contributed by atoms with Crippen LogP contribution in [0.15, 0.2) is 24.3 Å². The van der Waals surface area contributed by atoms with E-state index >= 15 is 0 Å². The van der Waals surface area contributed by atoms with Crippen LogP contribution >= 0.6 is 11.3 Å². The number of ether oxygens (including phenoxy) is 1. The highest BCUT2D eigenvalue weighted by Gasteiger charge is 2.08. The van der Waals surface area contributed by atoms with E-state index in [4.69, 9.17) is 10.5 Å². The molecular formula is C12H14N2OS. The maximum absolute atomic E-state index is 5.92. The normalized spacial score (nSPS) is 10.6. The minimum absolute atomic E-state index is 0.608. The van der Waals surface area contributed by atoms with E-state index in [1.165, 1.54) is 11.3 Å². The van der Waals surface area contributed by atoms with Gasteiger partial charge in [0, 0.05) is 12.7 Å². The molecule has 1 aromatic carbocycles. The Morgan fingerprint density at radius 2 is 2.25 bits per heavy atom. The SMILES string of the molecule is COCc1cccc(-c2nc(C)sc2N)c1. The quantitative estimate of drug-likeness (QED) is 0.888. The molecule has 0 aliphatic carbocycles. The van der Waals surface area contributed by atoms with Crippen molar-refractivity contribution in [2.24, 2.45) is 0 Å². The number of methoxy groups -OCH3 is 1. The molecule has 0 aliphatic rings. The Labute approximate surface area is 98.9 Å². The number of nitrogens with two attached hydrogens (primary N) is 1. The number of benzene rings is 1. The number of nitrogens with zero attached hydrogens (tertiary/aromatic N) is 1. The third-order valence-corrected chi connectivity index (χ3v) is 3.07. The molecular weight excluding hydrogens is 220 g/mol. The Bertz CT molecular complexity index is 494. The van der Waals surface area contributed by atoms with Crippen molar-refractivity contribution in [1.82, 2.24) is 4.98 Å². The molecule has 4 heteroatoms. The smallest absolute Gasteiger partial charge is 0.114 e. The Morgan fingerprint density at radius 1 is 1.44 bits per heavy atom. The van der Waals surface area contributed by atoms with E-state index in [1.54, 1.807) is 7.11 Å². The average Bonchev–Trinajstić information content (AvgIpc) is 2.59. The minimum atomic E-state index is 0.608. The topological polar surface area (TPSA) is 48.1 Å². The maximum Gasteiger partial charge on any atom is 0.114 e. The van der Waals surface area contributed by atoms with E-state index in [-0.39, 0.29) is 0 Å². The van der Waals surface area contributed by atoms with Gasteiger partial charge in [0.05, 0.1) is 11.6 Å². The first-order chi connectivity index (χ1) is 7.70. The van der Waals surface area contributed by atoms with Crippen LogP contribution < -0.4 is 5.73 Å². The van der Waals surface area contributed by atoms with Crippen molar-refractivity contribution in [3.05, 3.63) is 34.8 Å². The maximum atomic E-state index is 5.92. The molecule has 0 spiro atoms. The molecule has 1 aromatic heterocycles. The average molecular weight is 234 g/mol. The summed E-state index contributed by atoms with van der Waals surface area (Å²) < 4.78 is 5.11. The molecule has 0 atom stereocenters. The van der Waals surface area contributed by atoms with E-state index in [1.807, 2.05) is 25.1 Å². The number of aryl methyl sites for hydroxylation is 1. The van der Waals surface area contributed by atoms with Crippen LogP contribution in [0.3, 0.4) is 0 Å². The fourth-order valence-corrected chi connectivity index (χ4v) is 2.34. The molecule has 0 amide bonds. The molecule has 84 valence electrons. The molecule has 0 unspecified atom stereocenters.